The second kappa shape index (κ2) is 8.85. The topological polar surface area (TPSA) is 103 Å². The molecule has 1 heterocycles. The van der Waals surface area contributed by atoms with Crippen LogP contribution < -0.4 is 15.8 Å². The maximum absolute atomic E-state index is 14.5. The van der Waals surface area contributed by atoms with E-state index in [0.717, 1.165) is 12.1 Å². The first-order valence-electron chi connectivity index (χ1n) is 8.52. The van der Waals surface area contributed by atoms with Crippen LogP contribution in [0.15, 0.2) is 41.4 Å². The van der Waals surface area contributed by atoms with Crippen LogP contribution in [-0.4, -0.2) is 36.4 Å². The minimum Gasteiger partial charge on any atom is -0.468 e. The number of nitrogens with two attached hydrogens (primary N) is 1. The molecular weight excluding hydrogens is 443 g/mol. The van der Waals surface area contributed by atoms with Crippen LogP contribution in [0.3, 0.4) is 0 Å². The molecule has 11 heteroatoms. The molecule has 0 saturated carbocycles. The second-order valence-electron chi connectivity index (χ2n) is 6.14. The van der Waals surface area contributed by atoms with Crippen LogP contribution in [0, 0.1) is 11.6 Å². The average molecular weight is 458 g/mol. The van der Waals surface area contributed by atoms with E-state index in [1.54, 1.807) is 24.3 Å². The summed E-state index contributed by atoms with van der Waals surface area (Å²) in [5, 5.41) is 2.84. The van der Waals surface area contributed by atoms with Gasteiger partial charge in [0, 0.05) is 12.1 Å². The summed E-state index contributed by atoms with van der Waals surface area (Å²) in [6.45, 7) is 0. The highest BCUT2D eigenvalue weighted by Crippen LogP contribution is 2.34. The SMILES string of the molecule is CNC(=O)C(Oc1ccc(F)c(C(N)=O)c1F)C1=NC(c2ccc(Cl)cc2)C(Cl)O1. The summed E-state index contributed by atoms with van der Waals surface area (Å²) >= 11 is 12.1. The minimum absolute atomic E-state index is 0.223. The van der Waals surface area contributed by atoms with Crippen LogP contribution in [0.1, 0.15) is 22.0 Å². The van der Waals surface area contributed by atoms with Gasteiger partial charge >= 0.3 is 0 Å². The number of carbonyl (C=O) groups is 2. The molecule has 3 N–H and O–H groups in total. The van der Waals surface area contributed by atoms with Crippen molar-refractivity contribution in [1.82, 2.24) is 5.32 Å². The van der Waals surface area contributed by atoms with Crippen LogP contribution in [0.5, 0.6) is 5.75 Å². The highest BCUT2D eigenvalue weighted by atomic mass is 35.5. The molecule has 2 aromatic carbocycles. The first kappa shape index (κ1) is 21.8. The number of primary amides is 1. The number of halogens is 4. The molecule has 3 unspecified atom stereocenters. The van der Waals surface area contributed by atoms with Gasteiger partial charge in [-0.05, 0) is 29.8 Å². The smallest absolute Gasteiger partial charge is 0.270 e. The molecule has 158 valence electrons. The quantitative estimate of drug-likeness (QED) is 0.650. The molecule has 0 bridgehead atoms. The zero-order valence-electron chi connectivity index (χ0n) is 15.4. The minimum atomic E-state index is -1.56. The summed E-state index contributed by atoms with van der Waals surface area (Å²) in [5.74, 6) is -5.40. The number of likely N-dealkylation sites (N-methyl/N-ethyl adjacent to an activating group) is 1. The highest BCUT2D eigenvalue weighted by molar-refractivity contribution is 6.30. The van der Waals surface area contributed by atoms with Gasteiger partial charge in [0.1, 0.15) is 17.4 Å². The predicted octanol–water partition coefficient (Wildman–Crippen LogP) is 2.95. The van der Waals surface area contributed by atoms with Crippen LogP contribution in [-0.2, 0) is 9.53 Å². The third-order valence-electron chi connectivity index (χ3n) is 4.22. The van der Waals surface area contributed by atoms with Gasteiger partial charge in [-0.1, -0.05) is 35.3 Å². The molecule has 1 aliphatic heterocycles. The normalized spacial score (nSPS) is 18.9. The van der Waals surface area contributed by atoms with Gasteiger partial charge in [0.2, 0.25) is 5.90 Å². The van der Waals surface area contributed by atoms with Crippen LogP contribution >= 0.6 is 23.2 Å². The first-order chi connectivity index (χ1) is 14.2. The predicted molar refractivity (Wildman–Crippen MR) is 106 cm³/mol. The second-order valence-corrected chi connectivity index (χ2v) is 7.01. The largest absolute Gasteiger partial charge is 0.468 e. The lowest BCUT2D eigenvalue weighted by atomic mass is 10.1. The molecule has 0 spiro atoms. The van der Waals surface area contributed by atoms with Gasteiger partial charge in [0.25, 0.3) is 17.9 Å². The molecule has 2 amide bonds. The number of benzene rings is 2. The van der Waals surface area contributed by atoms with E-state index >= 15 is 0 Å². The maximum atomic E-state index is 14.5. The van der Waals surface area contributed by atoms with E-state index in [4.69, 9.17) is 38.4 Å². The van der Waals surface area contributed by atoms with E-state index in [9.17, 15) is 18.4 Å². The number of hydrogen-bond acceptors (Lipinski definition) is 5. The van der Waals surface area contributed by atoms with Gasteiger partial charge in [-0.25, -0.2) is 13.8 Å². The molecule has 7 nitrogen and oxygen atoms in total. The lowest BCUT2D eigenvalue weighted by Crippen LogP contribution is -2.43. The van der Waals surface area contributed by atoms with Crippen molar-refractivity contribution >= 4 is 40.9 Å². The monoisotopic (exact) mass is 457 g/mol. The van der Waals surface area contributed by atoms with Crippen molar-refractivity contribution < 1.29 is 27.8 Å². The number of amides is 2. The van der Waals surface area contributed by atoms with E-state index in [1.165, 1.54) is 7.05 Å². The summed E-state index contributed by atoms with van der Waals surface area (Å²) in [6.07, 6.45) is -1.56. The van der Waals surface area contributed by atoms with Crippen molar-refractivity contribution in [2.75, 3.05) is 7.05 Å². The molecule has 3 atom stereocenters. The van der Waals surface area contributed by atoms with Gasteiger partial charge in [0.15, 0.2) is 17.1 Å². The molecule has 3 rings (SSSR count). The number of nitrogens with zero attached hydrogens (tertiary/aromatic N) is 1. The van der Waals surface area contributed by atoms with Crippen LogP contribution in [0.4, 0.5) is 8.78 Å². The molecule has 1 aliphatic rings. The van der Waals surface area contributed by atoms with Gasteiger partial charge in [-0.2, -0.15) is 0 Å². The Balaban J connectivity index is 1.95. The summed E-state index contributed by atoms with van der Waals surface area (Å²) < 4.78 is 39.1. The fraction of sp³-hybridized carbons (Fsp3) is 0.211. The van der Waals surface area contributed by atoms with E-state index in [-0.39, 0.29) is 5.90 Å². The summed E-state index contributed by atoms with van der Waals surface area (Å²) in [6, 6.07) is 7.67. The Kier molecular flexibility index (Phi) is 6.42. The third-order valence-corrected chi connectivity index (χ3v) is 4.79. The van der Waals surface area contributed by atoms with Gasteiger partial charge in [-0.3, -0.25) is 9.59 Å². The van der Waals surface area contributed by atoms with Crippen LogP contribution in [0.2, 0.25) is 5.02 Å². The fourth-order valence-corrected chi connectivity index (χ4v) is 3.16. The van der Waals surface area contributed by atoms with Crippen molar-refractivity contribution in [3.63, 3.8) is 0 Å². The van der Waals surface area contributed by atoms with E-state index < -0.39 is 52.5 Å². The number of aliphatic imine (C=N–C) groups is 1. The fourth-order valence-electron chi connectivity index (χ4n) is 2.75. The van der Waals surface area contributed by atoms with Crippen molar-refractivity contribution in [3.8, 4) is 5.75 Å². The summed E-state index contributed by atoms with van der Waals surface area (Å²) in [4.78, 5) is 28.0. The zero-order valence-corrected chi connectivity index (χ0v) is 16.9. The first-order valence-corrected chi connectivity index (χ1v) is 9.34. The zero-order chi connectivity index (χ0) is 22.0. The summed E-state index contributed by atoms with van der Waals surface area (Å²) in [5.41, 5.74) is 3.70. The number of nitrogens with one attached hydrogen (secondary N) is 1. The Morgan fingerprint density at radius 3 is 2.50 bits per heavy atom. The Morgan fingerprint density at radius 1 is 1.23 bits per heavy atom. The molecule has 2 aromatic rings. The Bertz CT molecular complexity index is 1020. The number of carbonyl (C=O) groups excluding carboxylic acids is 2. The Hall–Kier alpha value is -2.91. The summed E-state index contributed by atoms with van der Waals surface area (Å²) in [7, 11) is 1.32. The molecule has 0 aliphatic carbocycles. The Morgan fingerprint density at radius 2 is 1.90 bits per heavy atom. The van der Waals surface area contributed by atoms with Crippen LogP contribution in [0.25, 0.3) is 0 Å². The van der Waals surface area contributed by atoms with Gasteiger partial charge in [-0.15, -0.1) is 0 Å². The lowest BCUT2D eigenvalue weighted by Gasteiger charge is -2.18. The third kappa shape index (κ3) is 4.31. The van der Waals surface area contributed by atoms with Gasteiger partial charge in [0.05, 0.1) is 0 Å². The molecule has 30 heavy (non-hydrogen) atoms. The number of hydrogen-bond donors (Lipinski definition) is 2. The molecule has 0 aromatic heterocycles. The van der Waals surface area contributed by atoms with Crippen molar-refractivity contribution in [2.24, 2.45) is 10.7 Å². The van der Waals surface area contributed by atoms with Crippen molar-refractivity contribution in [2.45, 2.75) is 17.7 Å². The highest BCUT2D eigenvalue weighted by Gasteiger charge is 2.39. The standard InChI is InChI=1S/C19H15Cl2F2N3O4/c1-25-18(28)15(29-11-7-6-10(22)12(13(11)23)17(24)27)19-26-14(16(21)30-19)8-2-4-9(20)5-3-8/h2-7,14-16H,1H3,(H2,24,27)(H,25,28). The Labute approximate surface area is 179 Å². The number of rotatable bonds is 6. The number of ether oxygens (including phenoxy) is 2. The molecular formula is C19H15Cl2F2N3O4. The molecule has 0 fully saturated rings. The molecule has 0 saturated heterocycles. The van der Waals surface area contributed by atoms with E-state index in [2.05, 4.69) is 10.3 Å². The van der Waals surface area contributed by atoms with Crippen molar-refractivity contribution in [1.29, 1.82) is 0 Å². The van der Waals surface area contributed by atoms with E-state index in [1.807, 2.05) is 0 Å². The number of alkyl halides is 1. The lowest BCUT2D eigenvalue weighted by molar-refractivity contribution is -0.125. The molecule has 0 radical (unpaired) electrons. The van der Waals surface area contributed by atoms with Crippen molar-refractivity contribution in [3.05, 3.63) is 64.2 Å². The average Bonchev–Trinajstić information content (AvgIpc) is 3.08. The maximum Gasteiger partial charge on any atom is 0.270 e. The van der Waals surface area contributed by atoms with Gasteiger partial charge < -0.3 is 20.5 Å². The van der Waals surface area contributed by atoms with E-state index in [0.29, 0.717) is 10.6 Å².